The molecule has 132 valence electrons. The van der Waals surface area contributed by atoms with E-state index in [9.17, 15) is 4.79 Å². The zero-order valence-corrected chi connectivity index (χ0v) is 15.8. The number of hydrogen-bond acceptors (Lipinski definition) is 4. The maximum absolute atomic E-state index is 12.0. The predicted octanol–water partition coefficient (Wildman–Crippen LogP) is 4.14. The lowest BCUT2D eigenvalue weighted by Crippen LogP contribution is -2.32. The fourth-order valence-electron chi connectivity index (χ4n) is 3.09. The quantitative estimate of drug-likeness (QED) is 0.779. The van der Waals surface area contributed by atoms with Gasteiger partial charge in [-0.25, -0.2) is 0 Å². The minimum Gasteiger partial charge on any atom is -0.383 e. The summed E-state index contributed by atoms with van der Waals surface area (Å²) < 4.78 is 5.15. The Morgan fingerprint density at radius 3 is 2.68 bits per heavy atom. The Morgan fingerprint density at radius 2 is 2.00 bits per heavy atom. The number of fused-ring (bicyclic) bond motifs is 1. The van der Waals surface area contributed by atoms with Crippen LogP contribution in [0.3, 0.4) is 0 Å². The average Bonchev–Trinajstić information content (AvgIpc) is 2.91. The zero-order chi connectivity index (χ0) is 17.8. The minimum absolute atomic E-state index is 0.0327. The maximum atomic E-state index is 12.0. The van der Waals surface area contributed by atoms with E-state index in [0.29, 0.717) is 18.5 Å². The average molecular weight is 356 g/mol. The summed E-state index contributed by atoms with van der Waals surface area (Å²) in [6, 6.07) is 16.8. The lowest BCUT2D eigenvalue weighted by molar-refractivity contribution is -0.116. The molecular weight excluding hydrogens is 332 g/mol. The van der Waals surface area contributed by atoms with E-state index in [4.69, 9.17) is 4.74 Å². The van der Waals surface area contributed by atoms with E-state index in [1.165, 1.54) is 16.1 Å². The molecule has 1 amide bonds. The van der Waals surface area contributed by atoms with Crippen molar-refractivity contribution in [3.8, 4) is 0 Å². The van der Waals surface area contributed by atoms with E-state index in [0.717, 1.165) is 12.2 Å². The number of thioether (sulfide) groups is 1. The van der Waals surface area contributed by atoms with E-state index >= 15 is 0 Å². The highest BCUT2D eigenvalue weighted by Gasteiger charge is 2.28. The highest BCUT2D eigenvalue weighted by molar-refractivity contribution is 8.00. The number of nitrogens with zero attached hydrogens (tertiary/aromatic N) is 2. The van der Waals surface area contributed by atoms with Gasteiger partial charge in [0, 0.05) is 37.7 Å². The Balaban J connectivity index is 1.88. The van der Waals surface area contributed by atoms with Crippen LogP contribution >= 0.6 is 11.8 Å². The van der Waals surface area contributed by atoms with Gasteiger partial charge in [0.1, 0.15) is 0 Å². The summed E-state index contributed by atoms with van der Waals surface area (Å²) in [5, 5.41) is 0.371. The third kappa shape index (κ3) is 3.99. The molecule has 1 aliphatic heterocycles. The second kappa shape index (κ2) is 7.93. The Bertz CT molecular complexity index is 736. The van der Waals surface area contributed by atoms with Crippen LogP contribution in [-0.4, -0.2) is 31.5 Å². The molecule has 5 heteroatoms. The largest absolute Gasteiger partial charge is 0.383 e. The van der Waals surface area contributed by atoms with Crippen LogP contribution in [0.5, 0.6) is 0 Å². The molecule has 25 heavy (non-hydrogen) atoms. The molecule has 0 saturated carbocycles. The molecule has 4 nitrogen and oxygen atoms in total. The van der Waals surface area contributed by atoms with Crippen molar-refractivity contribution in [3.05, 3.63) is 54.1 Å². The van der Waals surface area contributed by atoms with Crippen molar-refractivity contribution >= 4 is 29.0 Å². The van der Waals surface area contributed by atoms with Gasteiger partial charge in [-0.1, -0.05) is 42.1 Å². The van der Waals surface area contributed by atoms with Crippen LogP contribution in [0.1, 0.15) is 19.4 Å². The number of carbonyl (C=O) groups excluding carboxylic acids is 1. The number of amides is 1. The van der Waals surface area contributed by atoms with Crippen LogP contribution < -0.4 is 9.80 Å². The summed E-state index contributed by atoms with van der Waals surface area (Å²) in [4.78, 5) is 17.5. The number of ether oxygens (including phenoxy) is 1. The van der Waals surface area contributed by atoms with E-state index in [-0.39, 0.29) is 5.91 Å². The maximum Gasteiger partial charge on any atom is 0.223 e. The second-order valence-electron chi connectivity index (χ2n) is 6.15. The number of carbonyl (C=O) groups is 1. The molecular formula is C20H24N2O2S. The van der Waals surface area contributed by atoms with Crippen molar-refractivity contribution in [1.82, 2.24) is 0 Å². The number of hydrogen-bond donors (Lipinski definition) is 0. The minimum atomic E-state index is 0.0327. The summed E-state index contributed by atoms with van der Waals surface area (Å²) in [6.07, 6.45) is 0. The number of rotatable bonds is 6. The molecule has 0 N–H and O–H groups in total. The lowest BCUT2D eigenvalue weighted by Gasteiger charge is -2.26. The Kier molecular flexibility index (Phi) is 5.66. The fraction of sp³-hybridized carbons (Fsp3) is 0.350. The zero-order valence-electron chi connectivity index (χ0n) is 14.9. The molecule has 1 aliphatic rings. The molecule has 0 aromatic heterocycles. The first-order chi connectivity index (χ1) is 12.1. The van der Waals surface area contributed by atoms with Gasteiger partial charge in [0.2, 0.25) is 5.91 Å². The molecule has 1 atom stereocenters. The fourth-order valence-corrected chi connectivity index (χ4v) is 4.21. The first kappa shape index (κ1) is 17.8. The van der Waals surface area contributed by atoms with Gasteiger partial charge in [-0.15, -0.1) is 0 Å². The van der Waals surface area contributed by atoms with E-state index < -0.39 is 0 Å². The van der Waals surface area contributed by atoms with E-state index in [1.54, 1.807) is 18.9 Å². The molecule has 2 aromatic carbocycles. The van der Waals surface area contributed by atoms with Crippen LogP contribution in [0.15, 0.2) is 53.4 Å². The normalized spacial score (nSPS) is 16.0. The van der Waals surface area contributed by atoms with E-state index in [2.05, 4.69) is 48.2 Å². The van der Waals surface area contributed by atoms with E-state index in [1.807, 2.05) is 23.9 Å². The van der Waals surface area contributed by atoms with Crippen LogP contribution in [0.4, 0.5) is 11.4 Å². The van der Waals surface area contributed by atoms with Gasteiger partial charge >= 0.3 is 0 Å². The molecule has 0 fully saturated rings. The summed E-state index contributed by atoms with van der Waals surface area (Å²) in [7, 11) is 1.65. The smallest absolute Gasteiger partial charge is 0.223 e. The third-order valence-electron chi connectivity index (χ3n) is 4.39. The molecule has 2 aromatic rings. The van der Waals surface area contributed by atoms with Gasteiger partial charge in [0.15, 0.2) is 0 Å². The van der Waals surface area contributed by atoms with Crippen LogP contribution in [0.25, 0.3) is 0 Å². The summed E-state index contributed by atoms with van der Waals surface area (Å²) in [6.45, 7) is 5.77. The van der Waals surface area contributed by atoms with Crippen LogP contribution in [-0.2, 0) is 16.1 Å². The first-order valence-corrected chi connectivity index (χ1v) is 9.36. The van der Waals surface area contributed by atoms with Gasteiger partial charge in [-0.2, -0.15) is 0 Å². The summed E-state index contributed by atoms with van der Waals surface area (Å²) in [5.74, 6) is 0.0327. The van der Waals surface area contributed by atoms with Crippen molar-refractivity contribution in [1.29, 1.82) is 0 Å². The second-order valence-corrected chi connectivity index (χ2v) is 7.50. The van der Waals surface area contributed by atoms with Gasteiger partial charge in [0.25, 0.3) is 0 Å². The molecule has 0 saturated heterocycles. The molecule has 0 bridgehead atoms. The number of anilines is 2. The van der Waals surface area contributed by atoms with Crippen LogP contribution in [0.2, 0.25) is 0 Å². The van der Waals surface area contributed by atoms with Crippen molar-refractivity contribution in [3.63, 3.8) is 0 Å². The van der Waals surface area contributed by atoms with Gasteiger partial charge in [-0.3, -0.25) is 4.79 Å². The molecule has 1 unspecified atom stereocenters. The number of methoxy groups -OCH3 is 1. The summed E-state index contributed by atoms with van der Waals surface area (Å²) in [5.41, 5.74) is 3.41. The monoisotopic (exact) mass is 356 g/mol. The SMILES string of the molecule is COCCN(C(C)=O)c1ccc2c(c1)N(Cc1ccccc1)C(C)S2. The van der Waals surface area contributed by atoms with Gasteiger partial charge in [0.05, 0.1) is 17.7 Å². The van der Waals surface area contributed by atoms with Crippen molar-refractivity contribution in [2.75, 3.05) is 30.1 Å². The summed E-state index contributed by atoms with van der Waals surface area (Å²) >= 11 is 1.86. The van der Waals surface area contributed by atoms with Gasteiger partial charge in [-0.05, 0) is 30.7 Å². The van der Waals surface area contributed by atoms with Crippen molar-refractivity contribution < 1.29 is 9.53 Å². The topological polar surface area (TPSA) is 32.8 Å². The Hall–Kier alpha value is -1.98. The molecule has 1 heterocycles. The van der Waals surface area contributed by atoms with Crippen LogP contribution in [0, 0.1) is 0 Å². The molecule has 0 radical (unpaired) electrons. The molecule has 0 aliphatic carbocycles. The molecule has 0 spiro atoms. The molecule has 3 rings (SSSR count). The predicted molar refractivity (Wildman–Crippen MR) is 104 cm³/mol. The Morgan fingerprint density at radius 1 is 1.24 bits per heavy atom. The number of benzene rings is 2. The highest BCUT2D eigenvalue weighted by Crippen LogP contribution is 2.45. The standard InChI is InChI=1S/C20H24N2O2S/c1-15(23)21(11-12-24-3)18-9-10-20-19(13-18)22(16(2)25-20)14-17-7-5-4-6-8-17/h4-10,13,16H,11-12,14H2,1-3H3. The lowest BCUT2D eigenvalue weighted by atomic mass is 10.2. The Labute approximate surface area is 153 Å². The van der Waals surface area contributed by atoms with Gasteiger partial charge < -0.3 is 14.5 Å². The first-order valence-electron chi connectivity index (χ1n) is 8.48. The van der Waals surface area contributed by atoms with Crippen molar-refractivity contribution in [2.45, 2.75) is 30.7 Å². The third-order valence-corrected chi connectivity index (χ3v) is 5.59. The highest BCUT2D eigenvalue weighted by atomic mass is 32.2. The van der Waals surface area contributed by atoms with Crippen molar-refractivity contribution in [2.24, 2.45) is 0 Å².